The van der Waals surface area contributed by atoms with Crippen LogP contribution in [0.3, 0.4) is 0 Å². The van der Waals surface area contributed by atoms with Crippen molar-refractivity contribution in [3.8, 4) is 0 Å². The van der Waals surface area contributed by atoms with Crippen LogP contribution in [-0.4, -0.2) is 16.1 Å². The maximum absolute atomic E-state index is 6.26. The molecule has 102 valence electrons. The van der Waals surface area contributed by atoms with Crippen LogP contribution < -0.4 is 5.32 Å². The van der Waals surface area contributed by atoms with Crippen molar-refractivity contribution in [3.63, 3.8) is 0 Å². The zero-order valence-corrected chi connectivity index (χ0v) is 12.4. The van der Waals surface area contributed by atoms with Crippen LogP contribution in [0.2, 0.25) is 5.02 Å². The summed E-state index contributed by atoms with van der Waals surface area (Å²) in [6.45, 7) is 7.39. The predicted octanol–water partition coefficient (Wildman–Crippen LogP) is 4.21. The first-order valence-corrected chi connectivity index (χ1v) is 6.98. The second kappa shape index (κ2) is 6.11. The minimum Gasteiger partial charge on any atom is -0.355 e. The van der Waals surface area contributed by atoms with E-state index in [0.29, 0.717) is 5.92 Å². The summed E-state index contributed by atoms with van der Waals surface area (Å²) in [5, 5.41) is 4.16. The molecule has 0 bridgehead atoms. The van der Waals surface area contributed by atoms with Crippen molar-refractivity contribution in [2.24, 2.45) is 5.92 Å². The van der Waals surface area contributed by atoms with Crippen LogP contribution in [0.5, 0.6) is 0 Å². The average Bonchev–Trinajstić information content (AvgIpc) is 2.84. The predicted molar refractivity (Wildman–Crippen MR) is 80.8 cm³/mol. The molecule has 2 rings (SSSR count). The molecule has 1 aromatic carbocycles. The molecule has 1 N–H and O–H groups in total. The van der Waals surface area contributed by atoms with Gasteiger partial charge in [-0.3, -0.25) is 0 Å². The quantitative estimate of drug-likeness (QED) is 0.887. The average molecular weight is 278 g/mol. The third kappa shape index (κ3) is 3.29. The summed E-state index contributed by atoms with van der Waals surface area (Å²) in [4.78, 5) is 4.37. The Morgan fingerprint density at radius 3 is 2.68 bits per heavy atom. The molecule has 19 heavy (non-hydrogen) atoms. The van der Waals surface area contributed by atoms with Crippen molar-refractivity contribution in [1.29, 1.82) is 0 Å². The zero-order valence-electron chi connectivity index (χ0n) is 11.6. The zero-order chi connectivity index (χ0) is 13.8. The number of aromatic nitrogens is 2. The molecule has 4 heteroatoms. The maximum Gasteiger partial charge on any atom is 0.203 e. The minimum absolute atomic E-state index is 0.158. The third-order valence-electron chi connectivity index (χ3n) is 3.11. The first kappa shape index (κ1) is 13.9. The van der Waals surface area contributed by atoms with Gasteiger partial charge in [-0.05, 0) is 24.5 Å². The number of hydrogen-bond donors (Lipinski definition) is 1. The monoisotopic (exact) mass is 277 g/mol. The molecular weight excluding hydrogens is 258 g/mol. The Labute approximate surface area is 119 Å². The molecule has 1 unspecified atom stereocenters. The van der Waals surface area contributed by atoms with Gasteiger partial charge in [0.15, 0.2) is 0 Å². The van der Waals surface area contributed by atoms with E-state index in [4.69, 9.17) is 11.6 Å². The van der Waals surface area contributed by atoms with Gasteiger partial charge in [-0.2, -0.15) is 0 Å². The second-order valence-electron chi connectivity index (χ2n) is 5.13. The standard InChI is InChI=1S/C15H20ClN3/c1-11(2)10-18-15-17-8-9-19(15)12(3)13-6-4-5-7-14(13)16/h4-9,11-12H,10H2,1-3H3,(H,17,18). The van der Waals surface area contributed by atoms with Crippen LogP contribution in [0.4, 0.5) is 5.95 Å². The van der Waals surface area contributed by atoms with Crippen molar-refractivity contribution in [1.82, 2.24) is 9.55 Å². The lowest BCUT2D eigenvalue weighted by atomic mass is 10.1. The lowest BCUT2D eigenvalue weighted by Gasteiger charge is -2.19. The highest BCUT2D eigenvalue weighted by Gasteiger charge is 2.14. The number of anilines is 1. The van der Waals surface area contributed by atoms with Gasteiger partial charge in [0, 0.05) is 24.0 Å². The van der Waals surface area contributed by atoms with Crippen molar-refractivity contribution in [2.75, 3.05) is 11.9 Å². The molecule has 3 nitrogen and oxygen atoms in total. The Kier molecular flexibility index (Phi) is 4.48. The van der Waals surface area contributed by atoms with Gasteiger partial charge in [-0.15, -0.1) is 0 Å². The van der Waals surface area contributed by atoms with Gasteiger partial charge in [0.1, 0.15) is 0 Å². The molecule has 0 aliphatic rings. The molecule has 0 aliphatic carbocycles. The molecule has 0 fully saturated rings. The number of rotatable bonds is 5. The van der Waals surface area contributed by atoms with E-state index in [1.54, 1.807) is 0 Å². The van der Waals surface area contributed by atoms with Crippen molar-refractivity contribution in [3.05, 3.63) is 47.2 Å². The van der Waals surface area contributed by atoms with Crippen LogP contribution >= 0.6 is 11.6 Å². The number of nitrogens with one attached hydrogen (secondary N) is 1. The van der Waals surface area contributed by atoms with E-state index >= 15 is 0 Å². The highest BCUT2D eigenvalue weighted by atomic mass is 35.5. The van der Waals surface area contributed by atoms with Gasteiger partial charge in [-0.1, -0.05) is 43.6 Å². The summed E-state index contributed by atoms with van der Waals surface area (Å²) < 4.78 is 2.11. The fourth-order valence-corrected chi connectivity index (χ4v) is 2.32. The number of nitrogens with zero attached hydrogens (tertiary/aromatic N) is 2. The lowest BCUT2D eigenvalue weighted by molar-refractivity contribution is 0.629. The largest absolute Gasteiger partial charge is 0.355 e. The van der Waals surface area contributed by atoms with Gasteiger partial charge in [0.25, 0.3) is 0 Å². The molecule has 0 aliphatic heterocycles. The van der Waals surface area contributed by atoms with E-state index in [9.17, 15) is 0 Å². The van der Waals surface area contributed by atoms with E-state index in [0.717, 1.165) is 23.1 Å². The number of imidazole rings is 1. The number of benzene rings is 1. The molecule has 0 amide bonds. The molecule has 0 saturated carbocycles. The Balaban J connectivity index is 2.22. The summed E-state index contributed by atoms with van der Waals surface area (Å²) in [6, 6.07) is 8.09. The van der Waals surface area contributed by atoms with Gasteiger partial charge >= 0.3 is 0 Å². The van der Waals surface area contributed by atoms with Crippen molar-refractivity contribution < 1.29 is 0 Å². The van der Waals surface area contributed by atoms with Gasteiger partial charge in [0.2, 0.25) is 5.95 Å². The molecule has 2 aromatic rings. The summed E-state index contributed by atoms with van der Waals surface area (Å²) in [5.41, 5.74) is 1.11. The summed E-state index contributed by atoms with van der Waals surface area (Å²) in [6.07, 6.45) is 3.80. The Hall–Kier alpha value is -1.48. The topological polar surface area (TPSA) is 29.9 Å². The molecule has 1 aromatic heterocycles. The molecule has 1 heterocycles. The van der Waals surface area contributed by atoms with E-state index < -0.39 is 0 Å². The first-order valence-electron chi connectivity index (χ1n) is 6.60. The Morgan fingerprint density at radius 2 is 2.00 bits per heavy atom. The Bertz CT molecular complexity index is 534. The fourth-order valence-electron chi connectivity index (χ4n) is 2.02. The van der Waals surface area contributed by atoms with E-state index in [2.05, 4.69) is 41.7 Å². The van der Waals surface area contributed by atoms with Crippen LogP contribution in [0.15, 0.2) is 36.7 Å². The maximum atomic E-state index is 6.26. The highest BCUT2D eigenvalue weighted by Crippen LogP contribution is 2.27. The Morgan fingerprint density at radius 1 is 1.26 bits per heavy atom. The van der Waals surface area contributed by atoms with Crippen LogP contribution in [0, 0.1) is 5.92 Å². The van der Waals surface area contributed by atoms with Gasteiger partial charge in [-0.25, -0.2) is 4.98 Å². The van der Waals surface area contributed by atoms with Crippen molar-refractivity contribution in [2.45, 2.75) is 26.8 Å². The molecule has 0 spiro atoms. The summed E-state index contributed by atoms with van der Waals surface area (Å²) in [7, 11) is 0. The fraction of sp³-hybridized carbons (Fsp3) is 0.400. The highest BCUT2D eigenvalue weighted by molar-refractivity contribution is 6.31. The molecule has 1 atom stereocenters. The van der Waals surface area contributed by atoms with Gasteiger partial charge in [0.05, 0.1) is 6.04 Å². The van der Waals surface area contributed by atoms with Gasteiger partial charge < -0.3 is 9.88 Å². The molecule has 0 radical (unpaired) electrons. The molecule has 0 saturated heterocycles. The van der Waals surface area contributed by atoms with Crippen LogP contribution in [0.25, 0.3) is 0 Å². The molecular formula is C15H20ClN3. The first-order chi connectivity index (χ1) is 9.09. The second-order valence-corrected chi connectivity index (χ2v) is 5.54. The van der Waals surface area contributed by atoms with Crippen LogP contribution in [0.1, 0.15) is 32.4 Å². The smallest absolute Gasteiger partial charge is 0.203 e. The summed E-state index contributed by atoms with van der Waals surface area (Å²) >= 11 is 6.26. The summed E-state index contributed by atoms with van der Waals surface area (Å²) in [5.74, 6) is 1.47. The third-order valence-corrected chi connectivity index (χ3v) is 3.45. The van der Waals surface area contributed by atoms with Crippen LogP contribution in [-0.2, 0) is 0 Å². The minimum atomic E-state index is 0.158. The van der Waals surface area contributed by atoms with E-state index in [-0.39, 0.29) is 6.04 Å². The lowest BCUT2D eigenvalue weighted by Crippen LogP contribution is -2.15. The van der Waals surface area contributed by atoms with Crippen molar-refractivity contribution >= 4 is 17.5 Å². The number of halogens is 1. The van der Waals surface area contributed by atoms with E-state index in [1.165, 1.54) is 0 Å². The van der Waals surface area contributed by atoms with E-state index in [1.807, 2.05) is 30.6 Å². The normalized spacial score (nSPS) is 12.7. The number of hydrogen-bond acceptors (Lipinski definition) is 2. The SMILES string of the molecule is CC(C)CNc1nccn1C(C)c1ccccc1Cl.